The average Bonchev–Trinajstić information content (AvgIpc) is 2.60. The van der Waals surface area contributed by atoms with E-state index in [-0.39, 0.29) is 5.60 Å². The monoisotopic (exact) mass is 356 g/mol. The largest absolute Gasteiger partial charge is 0.492 e. The number of ether oxygens (including phenoxy) is 1. The van der Waals surface area contributed by atoms with Crippen LogP contribution < -0.4 is 0 Å². The number of hydrogen-bond donors (Lipinski definition) is 0. The molecule has 2 atom stereocenters. The molecule has 0 N–H and O–H groups in total. The first-order valence-electron chi connectivity index (χ1n) is 9.71. The van der Waals surface area contributed by atoms with Gasteiger partial charge in [0.15, 0.2) is 0 Å². The van der Waals surface area contributed by atoms with Crippen molar-refractivity contribution >= 4 is 11.8 Å². The zero-order valence-electron chi connectivity index (χ0n) is 16.0. The minimum absolute atomic E-state index is 0.108. The predicted octanol–water partition coefficient (Wildman–Crippen LogP) is 6.61. The Bertz CT molecular complexity index is 632. The van der Waals surface area contributed by atoms with Crippen molar-refractivity contribution in [2.24, 2.45) is 11.8 Å². The van der Waals surface area contributed by atoms with Crippen LogP contribution in [0.25, 0.3) is 0 Å². The molecule has 3 aliphatic rings. The summed E-state index contributed by atoms with van der Waals surface area (Å²) in [6, 6.07) is 0. The zero-order chi connectivity index (χ0) is 17.9. The summed E-state index contributed by atoms with van der Waals surface area (Å²) >= 11 is 1.95. The third-order valence-corrected chi connectivity index (χ3v) is 6.76. The first-order valence-corrected chi connectivity index (χ1v) is 10.9. The molecule has 0 radical (unpaired) electrons. The molecule has 0 heterocycles. The summed E-state index contributed by atoms with van der Waals surface area (Å²) in [7, 11) is 0. The molecule has 25 heavy (non-hydrogen) atoms. The maximum Gasteiger partial charge on any atom is 0.103 e. The Morgan fingerprint density at radius 1 is 1.32 bits per heavy atom. The van der Waals surface area contributed by atoms with Crippen molar-refractivity contribution in [3.8, 4) is 0 Å². The van der Waals surface area contributed by atoms with Crippen molar-refractivity contribution in [2.45, 2.75) is 58.5 Å². The molecule has 3 rings (SSSR count). The first-order chi connectivity index (χ1) is 12.0. The van der Waals surface area contributed by atoms with Crippen LogP contribution in [0.15, 0.2) is 59.4 Å². The highest BCUT2D eigenvalue weighted by molar-refractivity contribution is 7.99. The van der Waals surface area contributed by atoms with Gasteiger partial charge in [-0.05, 0) is 74.5 Å². The molecule has 3 aliphatic carbocycles. The quantitative estimate of drug-likeness (QED) is 0.475. The molecule has 0 bridgehead atoms. The lowest BCUT2D eigenvalue weighted by atomic mass is 9.69. The highest BCUT2D eigenvalue weighted by Gasteiger charge is 2.32. The van der Waals surface area contributed by atoms with E-state index in [1.54, 1.807) is 16.7 Å². The van der Waals surface area contributed by atoms with E-state index in [4.69, 9.17) is 4.74 Å². The van der Waals surface area contributed by atoms with E-state index in [0.29, 0.717) is 0 Å². The Kier molecular flexibility index (Phi) is 5.99. The van der Waals surface area contributed by atoms with Crippen LogP contribution in [0.4, 0.5) is 0 Å². The average molecular weight is 357 g/mol. The van der Waals surface area contributed by atoms with Crippen molar-refractivity contribution in [3.63, 3.8) is 0 Å². The van der Waals surface area contributed by atoms with E-state index in [1.165, 1.54) is 25.7 Å². The zero-order valence-corrected chi connectivity index (χ0v) is 16.8. The fourth-order valence-corrected chi connectivity index (χ4v) is 5.00. The Morgan fingerprint density at radius 2 is 2.16 bits per heavy atom. The van der Waals surface area contributed by atoms with Gasteiger partial charge >= 0.3 is 0 Å². The van der Waals surface area contributed by atoms with Gasteiger partial charge in [0, 0.05) is 5.75 Å². The van der Waals surface area contributed by atoms with Gasteiger partial charge in [-0.15, -0.1) is 11.8 Å². The van der Waals surface area contributed by atoms with Gasteiger partial charge in [0.1, 0.15) is 5.60 Å². The number of fused-ring (bicyclic) bond motifs is 2. The molecule has 0 spiro atoms. The molecular weight excluding hydrogens is 324 g/mol. The van der Waals surface area contributed by atoms with Gasteiger partial charge in [-0.3, -0.25) is 0 Å². The molecule has 0 saturated carbocycles. The molecule has 0 fully saturated rings. The van der Waals surface area contributed by atoms with E-state index < -0.39 is 0 Å². The Hall–Kier alpha value is -1.15. The predicted molar refractivity (Wildman–Crippen MR) is 111 cm³/mol. The van der Waals surface area contributed by atoms with Crippen LogP contribution in [0.5, 0.6) is 0 Å². The van der Waals surface area contributed by atoms with Crippen LogP contribution in [0.1, 0.15) is 52.9 Å². The van der Waals surface area contributed by atoms with Gasteiger partial charge in [0.25, 0.3) is 0 Å². The van der Waals surface area contributed by atoms with Crippen molar-refractivity contribution in [1.29, 1.82) is 0 Å². The molecule has 0 aromatic rings. The highest BCUT2D eigenvalue weighted by Crippen LogP contribution is 2.46. The summed E-state index contributed by atoms with van der Waals surface area (Å²) in [4.78, 5) is 0. The number of rotatable bonds is 7. The highest BCUT2D eigenvalue weighted by atomic mass is 32.2. The van der Waals surface area contributed by atoms with Crippen LogP contribution in [0.3, 0.4) is 0 Å². The lowest BCUT2D eigenvalue weighted by molar-refractivity contribution is 0.0346. The fourth-order valence-electron chi connectivity index (χ4n) is 4.07. The van der Waals surface area contributed by atoms with Crippen molar-refractivity contribution in [2.75, 3.05) is 11.5 Å². The van der Waals surface area contributed by atoms with Crippen molar-refractivity contribution in [3.05, 3.63) is 59.4 Å². The molecule has 0 saturated heterocycles. The molecule has 2 heteroatoms. The van der Waals surface area contributed by atoms with Gasteiger partial charge in [-0.25, -0.2) is 0 Å². The third kappa shape index (κ3) is 4.53. The maximum atomic E-state index is 6.02. The summed E-state index contributed by atoms with van der Waals surface area (Å²) < 4.78 is 6.02. The Labute approximate surface area is 158 Å². The lowest BCUT2D eigenvalue weighted by Gasteiger charge is -2.37. The lowest BCUT2D eigenvalue weighted by Crippen LogP contribution is -2.25. The smallest absolute Gasteiger partial charge is 0.103 e. The van der Waals surface area contributed by atoms with Gasteiger partial charge in [-0.1, -0.05) is 43.9 Å². The van der Waals surface area contributed by atoms with Crippen LogP contribution in [-0.4, -0.2) is 17.1 Å². The van der Waals surface area contributed by atoms with Crippen molar-refractivity contribution < 1.29 is 4.74 Å². The first kappa shape index (κ1) is 18.6. The Balaban J connectivity index is 1.68. The van der Waals surface area contributed by atoms with E-state index in [2.05, 4.69) is 57.7 Å². The van der Waals surface area contributed by atoms with E-state index in [0.717, 1.165) is 35.5 Å². The Morgan fingerprint density at radius 3 is 2.96 bits per heavy atom. The van der Waals surface area contributed by atoms with Crippen LogP contribution in [0, 0.1) is 11.8 Å². The molecule has 0 aromatic heterocycles. The van der Waals surface area contributed by atoms with Gasteiger partial charge in [0.05, 0.1) is 11.5 Å². The molecule has 0 amide bonds. The normalized spacial score (nSPS) is 25.3. The van der Waals surface area contributed by atoms with Crippen molar-refractivity contribution in [1.82, 2.24) is 0 Å². The molecular formula is C23H32OS. The number of allylic oxidation sites excluding steroid dienone is 7. The fraction of sp³-hybridized carbons (Fsp3) is 0.565. The second kappa shape index (κ2) is 8.03. The molecule has 136 valence electrons. The maximum absolute atomic E-state index is 6.02. The summed E-state index contributed by atoms with van der Waals surface area (Å²) in [5.74, 6) is 4.36. The van der Waals surface area contributed by atoms with Gasteiger partial charge in [0.2, 0.25) is 0 Å². The number of hydrogen-bond acceptors (Lipinski definition) is 2. The second-order valence-electron chi connectivity index (χ2n) is 8.08. The third-order valence-electron chi connectivity index (χ3n) is 5.74. The SMILES string of the molecule is C=C(CSCC1=C2C=CCC[C@@H]2CC2CC=CC=C12)OC(C)(C)CC. The summed E-state index contributed by atoms with van der Waals surface area (Å²) in [5, 5.41) is 0. The van der Waals surface area contributed by atoms with Crippen LogP contribution >= 0.6 is 11.8 Å². The van der Waals surface area contributed by atoms with E-state index >= 15 is 0 Å². The topological polar surface area (TPSA) is 9.23 Å². The minimum atomic E-state index is -0.108. The second-order valence-corrected chi connectivity index (χ2v) is 9.06. The summed E-state index contributed by atoms with van der Waals surface area (Å²) in [5.41, 5.74) is 4.68. The van der Waals surface area contributed by atoms with Gasteiger partial charge < -0.3 is 4.74 Å². The summed E-state index contributed by atoms with van der Waals surface area (Å²) in [6.45, 7) is 10.6. The minimum Gasteiger partial charge on any atom is -0.492 e. The standard InChI is InChI=1S/C23H32OS/c1-5-23(3,4)24-17(2)15-25-16-22-20-12-8-6-10-18(20)14-19-11-7-9-13-21(19)22/h6,8-9,12-13,18-19H,2,5,7,10-11,14-16H2,1,3-4H3/t18?,19-/m1/s1. The molecule has 1 unspecified atom stereocenters. The van der Waals surface area contributed by atoms with E-state index in [1.807, 2.05) is 11.8 Å². The molecule has 1 nitrogen and oxygen atoms in total. The van der Waals surface area contributed by atoms with Crippen LogP contribution in [-0.2, 0) is 4.74 Å². The molecule has 0 aliphatic heterocycles. The van der Waals surface area contributed by atoms with Crippen LogP contribution in [0.2, 0.25) is 0 Å². The number of thioether (sulfide) groups is 1. The molecule has 0 aromatic carbocycles. The summed E-state index contributed by atoms with van der Waals surface area (Å²) in [6.07, 6.45) is 17.8. The van der Waals surface area contributed by atoms with Gasteiger partial charge in [-0.2, -0.15) is 0 Å². The van der Waals surface area contributed by atoms with E-state index in [9.17, 15) is 0 Å².